The number of rotatable bonds is 6. The van der Waals surface area contributed by atoms with E-state index in [0.29, 0.717) is 6.42 Å². The molecule has 1 saturated heterocycles. The van der Waals surface area contributed by atoms with Crippen molar-refractivity contribution in [1.82, 2.24) is 0 Å². The van der Waals surface area contributed by atoms with Crippen LogP contribution in [0.4, 0.5) is 11.4 Å². The van der Waals surface area contributed by atoms with Crippen LogP contribution in [0.1, 0.15) is 22.3 Å². The van der Waals surface area contributed by atoms with Gasteiger partial charge in [-0.1, -0.05) is 48.5 Å². The summed E-state index contributed by atoms with van der Waals surface area (Å²) >= 11 is 0. The monoisotopic (exact) mass is 414 g/mol. The molecule has 0 bridgehead atoms. The van der Waals surface area contributed by atoms with E-state index in [1.54, 1.807) is 4.90 Å². The van der Waals surface area contributed by atoms with Crippen LogP contribution in [0, 0.1) is 13.8 Å². The number of hydrogen-bond donors (Lipinski definition) is 2. The highest BCUT2D eigenvalue weighted by Crippen LogP contribution is 2.18. The van der Waals surface area contributed by atoms with Gasteiger partial charge in [0.2, 0.25) is 5.91 Å². The standard InChI is InChI=1S/C27H31N3O/c1-21-8-9-24(18-22(21)2)19-27(31)28-25-10-12-26(13-11-25)30-16-14-29(15-17-30)20-23-6-4-3-5-7-23/h3-13,18H,14-17,19-20H2,1-2H3,(H,28,31)/p+1. The zero-order valence-electron chi connectivity index (χ0n) is 18.5. The lowest BCUT2D eigenvalue weighted by Crippen LogP contribution is -3.13. The molecule has 1 amide bonds. The minimum atomic E-state index is 0.0223. The van der Waals surface area contributed by atoms with Gasteiger partial charge in [-0.05, 0) is 54.8 Å². The van der Waals surface area contributed by atoms with Crippen LogP contribution in [0.3, 0.4) is 0 Å². The quantitative estimate of drug-likeness (QED) is 0.649. The highest BCUT2D eigenvalue weighted by Gasteiger charge is 2.20. The van der Waals surface area contributed by atoms with E-state index in [9.17, 15) is 4.79 Å². The average Bonchev–Trinajstić information content (AvgIpc) is 2.78. The molecule has 4 nitrogen and oxygen atoms in total. The number of benzene rings is 3. The fourth-order valence-corrected chi connectivity index (χ4v) is 4.20. The Balaban J connectivity index is 1.27. The smallest absolute Gasteiger partial charge is 0.228 e. The van der Waals surface area contributed by atoms with Crippen LogP contribution < -0.4 is 15.1 Å². The predicted octanol–water partition coefficient (Wildman–Crippen LogP) is 3.39. The van der Waals surface area contributed by atoms with Crippen LogP contribution in [0.2, 0.25) is 0 Å². The summed E-state index contributed by atoms with van der Waals surface area (Å²) in [5, 5.41) is 3.03. The van der Waals surface area contributed by atoms with Gasteiger partial charge < -0.3 is 15.1 Å². The number of anilines is 2. The molecule has 160 valence electrons. The fraction of sp³-hybridized carbons (Fsp3) is 0.296. The van der Waals surface area contributed by atoms with Gasteiger partial charge in [-0.25, -0.2) is 0 Å². The average molecular weight is 415 g/mol. The largest absolute Gasteiger partial charge is 0.360 e. The molecule has 31 heavy (non-hydrogen) atoms. The van der Waals surface area contributed by atoms with E-state index in [-0.39, 0.29) is 5.91 Å². The maximum atomic E-state index is 12.4. The summed E-state index contributed by atoms with van der Waals surface area (Å²) in [6.45, 7) is 9.66. The van der Waals surface area contributed by atoms with Crippen LogP contribution >= 0.6 is 0 Å². The number of aryl methyl sites for hydroxylation is 2. The number of carbonyl (C=O) groups excluding carboxylic acids is 1. The molecule has 0 atom stereocenters. The SMILES string of the molecule is Cc1ccc(CC(=O)Nc2ccc(N3CC[NH+](Cc4ccccc4)CC3)cc2)cc1C. The summed E-state index contributed by atoms with van der Waals surface area (Å²) in [6.07, 6.45) is 0.398. The number of piperazine rings is 1. The van der Waals surface area contributed by atoms with Crippen molar-refractivity contribution < 1.29 is 9.69 Å². The molecule has 1 aliphatic heterocycles. The molecule has 2 N–H and O–H groups in total. The minimum absolute atomic E-state index is 0.0223. The first-order valence-corrected chi connectivity index (χ1v) is 11.2. The highest BCUT2D eigenvalue weighted by atomic mass is 16.1. The van der Waals surface area contributed by atoms with Crippen molar-refractivity contribution in [2.45, 2.75) is 26.8 Å². The molecule has 4 rings (SSSR count). The topological polar surface area (TPSA) is 36.8 Å². The summed E-state index contributed by atoms with van der Waals surface area (Å²) in [5.74, 6) is 0.0223. The second-order valence-corrected chi connectivity index (χ2v) is 8.59. The van der Waals surface area contributed by atoms with E-state index in [1.807, 2.05) is 18.2 Å². The zero-order chi connectivity index (χ0) is 21.6. The van der Waals surface area contributed by atoms with Crippen LogP contribution in [-0.4, -0.2) is 32.1 Å². The van der Waals surface area contributed by atoms with Crippen molar-refractivity contribution >= 4 is 17.3 Å². The van der Waals surface area contributed by atoms with Crippen molar-refractivity contribution in [3.05, 3.63) is 95.1 Å². The molecule has 0 radical (unpaired) electrons. The van der Waals surface area contributed by atoms with Crippen LogP contribution in [-0.2, 0) is 17.8 Å². The maximum Gasteiger partial charge on any atom is 0.228 e. The molecule has 0 spiro atoms. The van der Waals surface area contributed by atoms with E-state index < -0.39 is 0 Å². The summed E-state index contributed by atoms with van der Waals surface area (Å²) in [7, 11) is 0. The molecule has 4 heteroatoms. The molecule has 1 aliphatic rings. The van der Waals surface area contributed by atoms with Gasteiger partial charge in [-0.3, -0.25) is 4.79 Å². The van der Waals surface area contributed by atoms with E-state index in [1.165, 1.54) is 22.4 Å². The Morgan fingerprint density at radius 2 is 1.58 bits per heavy atom. The third-order valence-electron chi connectivity index (χ3n) is 6.22. The first-order chi connectivity index (χ1) is 15.1. The third kappa shape index (κ3) is 5.74. The Morgan fingerprint density at radius 3 is 2.26 bits per heavy atom. The molecular formula is C27H32N3O+. The Hall–Kier alpha value is -3.11. The molecule has 0 unspecified atom stereocenters. The summed E-state index contributed by atoms with van der Waals surface area (Å²) in [5.41, 5.74) is 7.01. The minimum Gasteiger partial charge on any atom is -0.360 e. The number of quaternary nitrogens is 1. The maximum absolute atomic E-state index is 12.4. The normalized spacial score (nSPS) is 14.5. The lowest BCUT2D eigenvalue weighted by atomic mass is 10.0. The van der Waals surface area contributed by atoms with Crippen molar-refractivity contribution in [2.75, 3.05) is 36.4 Å². The number of nitrogens with one attached hydrogen (secondary N) is 2. The predicted molar refractivity (Wildman–Crippen MR) is 128 cm³/mol. The van der Waals surface area contributed by atoms with Crippen molar-refractivity contribution in [3.63, 3.8) is 0 Å². The molecular weight excluding hydrogens is 382 g/mol. The Kier molecular flexibility index (Phi) is 6.68. The van der Waals surface area contributed by atoms with Gasteiger partial charge in [0.15, 0.2) is 0 Å². The van der Waals surface area contributed by atoms with E-state index >= 15 is 0 Å². The van der Waals surface area contributed by atoms with Crippen molar-refractivity contribution in [1.29, 1.82) is 0 Å². The number of carbonyl (C=O) groups is 1. The van der Waals surface area contributed by atoms with Gasteiger partial charge in [0.25, 0.3) is 0 Å². The molecule has 3 aromatic carbocycles. The van der Waals surface area contributed by atoms with E-state index in [4.69, 9.17) is 0 Å². The van der Waals surface area contributed by atoms with Gasteiger partial charge in [0, 0.05) is 16.9 Å². The second-order valence-electron chi connectivity index (χ2n) is 8.59. The summed E-state index contributed by atoms with van der Waals surface area (Å²) in [6, 6.07) is 25.2. The number of hydrogen-bond acceptors (Lipinski definition) is 2. The lowest BCUT2D eigenvalue weighted by Gasteiger charge is -2.33. The van der Waals surface area contributed by atoms with Crippen LogP contribution in [0.15, 0.2) is 72.8 Å². The highest BCUT2D eigenvalue weighted by molar-refractivity contribution is 5.92. The zero-order valence-corrected chi connectivity index (χ0v) is 18.5. The second kappa shape index (κ2) is 9.80. The molecule has 0 aliphatic carbocycles. The van der Waals surface area contributed by atoms with E-state index in [2.05, 4.69) is 78.7 Å². The molecule has 3 aromatic rings. The first kappa shape index (κ1) is 21.1. The summed E-state index contributed by atoms with van der Waals surface area (Å²) in [4.78, 5) is 16.5. The number of nitrogens with zero attached hydrogens (tertiary/aromatic N) is 1. The Bertz CT molecular complexity index is 1010. The van der Waals surface area contributed by atoms with Crippen molar-refractivity contribution in [2.24, 2.45) is 0 Å². The summed E-state index contributed by atoms with van der Waals surface area (Å²) < 4.78 is 0. The van der Waals surface area contributed by atoms with Crippen LogP contribution in [0.5, 0.6) is 0 Å². The Morgan fingerprint density at radius 1 is 0.871 bits per heavy atom. The van der Waals surface area contributed by atoms with E-state index in [0.717, 1.165) is 44.0 Å². The molecule has 1 heterocycles. The molecule has 1 fully saturated rings. The van der Waals surface area contributed by atoms with Gasteiger partial charge in [-0.15, -0.1) is 0 Å². The first-order valence-electron chi connectivity index (χ1n) is 11.2. The van der Waals surface area contributed by atoms with Crippen LogP contribution in [0.25, 0.3) is 0 Å². The van der Waals surface area contributed by atoms with Crippen molar-refractivity contribution in [3.8, 4) is 0 Å². The van der Waals surface area contributed by atoms with Gasteiger partial charge >= 0.3 is 0 Å². The van der Waals surface area contributed by atoms with Gasteiger partial charge in [0.1, 0.15) is 6.54 Å². The number of amides is 1. The molecule has 0 aromatic heterocycles. The lowest BCUT2D eigenvalue weighted by molar-refractivity contribution is -0.914. The molecule has 0 saturated carbocycles. The van der Waals surface area contributed by atoms with Gasteiger partial charge in [0.05, 0.1) is 32.6 Å². The van der Waals surface area contributed by atoms with Gasteiger partial charge in [-0.2, -0.15) is 0 Å². The fourth-order valence-electron chi connectivity index (χ4n) is 4.20. The third-order valence-corrected chi connectivity index (χ3v) is 6.22. The Labute approximate surface area is 185 Å².